The van der Waals surface area contributed by atoms with Gasteiger partial charge in [0.15, 0.2) is 0 Å². The fourth-order valence-corrected chi connectivity index (χ4v) is 1.42. The second-order valence-electron chi connectivity index (χ2n) is 4.70. The fourth-order valence-electron chi connectivity index (χ4n) is 1.42. The van der Waals surface area contributed by atoms with Gasteiger partial charge in [0.05, 0.1) is 18.9 Å². The van der Waals surface area contributed by atoms with Crippen LogP contribution in [0.3, 0.4) is 0 Å². The molecule has 0 fully saturated rings. The largest absolute Gasteiger partial charge is 0.469 e. The molecule has 1 rings (SSSR count). The van der Waals surface area contributed by atoms with E-state index in [-0.39, 0.29) is 13.0 Å². The first-order chi connectivity index (χ1) is 8.45. The van der Waals surface area contributed by atoms with Gasteiger partial charge in [-0.3, -0.25) is 9.59 Å². The summed E-state index contributed by atoms with van der Waals surface area (Å²) in [6.07, 6.45) is 0.0110. The van der Waals surface area contributed by atoms with Gasteiger partial charge in [0.2, 0.25) is 0 Å². The van der Waals surface area contributed by atoms with Crippen LogP contribution in [0.4, 0.5) is 0 Å². The summed E-state index contributed by atoms with van der Waals surface area (Å²) >= 11 is 0. The standard InChI is InChI=1S/C14H18O4/c1-14(2,9-12(15)17-3)13(16)18-10-11-7-5-4-6-8-11/h4-8H,9-10H2,1-3H3. The van der Waals surface area contributed by atoms with Gasteiger partial charge in [-0.15, -0.1) is 0 Å². The summed E-state index contributed by atoms with van der Waals surface area (Å²) < 4.78 is 9.74. The Labute approximate surface area is 107 Å². The quantitative estimate of drug-likeness (QED) is 0.752. The molecule has 0 aliphatic heterocycles. The maximum Gasteiger partial charge on any atom is 0.312 e. The summed E-state index contributed by atoms with van der Waals surface area (Å²) in [5.41, 5.74) is 0.0433. The number of hydrogen-bond donors (Lipinski definition) is 0. The second-order valence-corrected chi connectivity index (χ2v) is 4.70. The van der Waals surface area contributed by atoms with Crippen LogP contribution in [-0.2, 0) is 25.7 Å². The van der Waals surface area contributed by atoms with E-state index in [0.717, 1.165) is 5.56 Å². The fraction of sp³-hybridized carbons (Fsp3) is 0.429. The first-order valence-electron chi connectivity index (χ1n) is 5.73. The van der Waals surface area contributed by atoms with Crippen molar-refractivity contribution in [3.63, 3.8) is 0 Å². The van der Waals surface area contributed by atoms with Crippen molar-refractivity contribution in [1.29, 1.82) is 0 Å². The van der Waals surface area contributed by atoms with Gasteiger partial charge < -0.3 is 9.47 Å². The molecule has 1 aromatic carbocycles. The third-order valence-corrected chi connectivity index (χ3v) is 2.58. The molecule has 0 saturated heterocycles. The van der Waals surface area contributed by atoms with Crippen LogP contribution in [0.1, 0.15) is 25.8 Å². The van der Waals surface area contributed by atoms with E-state index in [4.69, 9.17) is 4.74 Å². The van der Waals surface area contributed by atoms with E-state index in [9.17, 15) is 9.59 Å². The number of rotatable bonds is 5. The van der Waals surface area contributed by atoms with Crippen molar-refractivity contribution in [2.75, 3.05) is 7.11 Å². The number of benzene rings is 1. The minimum absolute atomic E-state index is 0.0110. The van der Waals surface area contributed by atoms with Gasteiger partial charge in [0.25, 0.3) is 0 Å². The van der Waals surface area contributed by atoms with Gasteiger partial charge in [0, 0.05) is 0 Å². The first kappa shape index (κ1) is 14.2. The van der Waals surface area contributed by atoms with E-state index in [2.05, 4.69) is 4.74 Å². The lowest BCUT2D eigenvalue weighted by Crippen LogP contribution is -2.29. The van der Waals surface area contributed by atoms with Crippen molar-refractivity contribution in [1.82, 2.24) is 0 Å². The van der Waals surface area contributed by atoms with Crippen LogP contribution >= 0.6 is 0 Å². The zero-order valence-corrected chi connectivity index (χ0v) is 10.9. The normalized spacial score (nSPS) is 10.8. The third kappa shape index (κ3) is 4.20. The molecule has 4 heteroatoms. The van der Waals surface area contributed by atoms with Gasteiger partial charge in [0.1, 0.15) is 6.61 Å². The number of esters is 2. The Morgan fingerprint density at radius 1 is 1.17 bits per heavy atom. The van der Waals surface area contributed by atoms with E-state index in [1.54, 1.807) is 13.8 Å². The predicted octanol–water partition coefficient (Wildman–Crippen LogP) is 2.32. The lowest BCUT2D eigenvalue weighted by molar-refractivity contribution is -0.160. The van der Waals surface area contributed by atoms with Crippen molar-refractivity contribution in [3.05, 3.63) is 35.9 Å². The molecule has 0 aromatic heterocycles. The lowest BCUT2D eigenvalue weighted by Gasteiger charge is -2.21. The minimum Gasteiger partial charge on any atom is -0.469 e. The summed E-state index contributed by atoms with van der Waals surface area (Å²) in [7, 11) is 1.30. The predicted molar refractivity (Wildman–Crippen MR) is 66.7 cm³/mol. The summed E-state index contributed by atoms with van der Waals surface area (Å²) in [6.45, 7) is 3.54. The molecule has 4 nitrogen and oxygen atoms in total. The molecule has 0 aliphatic rings. The van der Waals surface area contributed by atoms with E-state index < -0.39 is 17.4 Å². The van der Waals surface area contributed by atoms with E-state index in [1.165, 1.54) is 7.11 Å². The molecule has 0 amide bonds. The van der Waals surface area contributed by atoms with E-state index >= 15 is 0 Å². The van der Waals surface area contributed by atoms with Crippen molar-refractivity contribution >= 4 is 11.9 Å². The molecule has 0 spiro atoms. The van der Waals surface area contributed by atoms with Crippen LogP contribution in [-0.4, -0.2) is 19.0 Å². The summed E-state index contributed by atoms with van der Waals surface area (Å²) in [5.74, 6) is -0.826. The van der Waals surface area contributed by atoms with Crippen molar-refractivity contribution in [3.8, 4) is 0 Å². The maximum absolute atomic E-state index is 11.9. The van der Waals surface area contributed by atoms with Gasteiger partial charge in [-0.05, 0) is 19.4 Å². The number of hydrogen-bond acceptors (Lipinski definition) is 4. The number of carbonyl (C=O) groups excluding carboxylic acids is 2. The first-order valence-corrected chi connectivity index (χ1v) is 5.73. The van der Waals surface area contributed by atoms with Gasteiger partial charge >= 0.3 is 11.9 Å². The topological polar surface area (TPSA) is 52.6 Å². The van der Waals surface area contributed by atoms with Crippen molar-refractivity contribution in [2.45, 2.75) is 26.9 Å². The molecule has 98 valence electrons. The Morgan fingerprint density at radius 2 is 1.78 bits per heavy atom. The highest BCUT2D eigenvalue weighted by molar-refractivity contribution is 5.82. The van der Waals surface area contributed by atoms with Crippen LogP contribution in [0.25, 0.3) is 0 Å². The van der Waals surface area contributed by atoms with Crippen LogP contribution in [0, 0.1) is 5.41 Å². The van der Waals surface area contributed by atoms with Crippen LogP contribution in [0.2, 0.25) is 0 Å². The summed E-state index contributed by atoms with van der Waals surface area (Å²) in [5, 5.41) is 0. The Bertz CT molecular complexity index is 409. The highest BCUT2D eigenvalue weighted by Crippen LogP contribution is 2.23. The molecule has 0 atom stereocenters. The molecule has 0 bridgehead atoms. The third-order valence-electron chi connectivity index (χ3n) is 2.58. The maximum atomic E-state index is 11.9. The summed E-state index contributed by atoms with van der Waals surface area (Å²) in [6, 6.07) is 9.40. The zero-order valence-electron chi connectivity index (χ0n) is 10.9. The molecule has 0 saturated carbocycles. The van der Waals surface area contributed by atoms with Gasteiger partial charge in [-0.25, -0.2) is 0 Å². The Balaban J connectivity index is 2.52. The molecule has 0 aliphatic carbocycles. The monoisotopic (exact) mass is 250 g/mol. The number of carbonyl (C=O) groups is 2. The van der Waals surface area contributed by atoms with Gasteiger partial charge in [-0.2, -0.15) is 0 Å². The smallest absolute Gasteiger partial charge is 0.312 e. The minimum atomic E-state index is -0.873. The number of ether oxygens (including phenoxy) is 2. The highest BCUT2D eigenvalue weighted by Gasteiger charge is 2.32. The van der Waals surface area contributed by atoms with E-state index in [0.29, 0.717) is 0 Å². The highest BCUT2D eigenvalue weighted by atomic mass is 16.5. The summed E-state index contributed by atoms with van der Waals surface area (Å²) in [4.78, 5) is 23.0. The zero-order chi connectivity index (χ0) is 13.6. The molecule has 0 heterocycles. The Hall–Kier alpha value is -1.84. The molecular weight excluding hydrogens is 232 g/mol. The van der Waals surface area contributed by atoms with Crippen LogP contribution < -0.4 is 0 Å². The average molecular weight is 250 g/mol. The molecular formula is C14H18O4. The molecule has 1 aromatic rings. The van der Waals surface area contributed by atoms with Crippen LogP contribution in [0.15, 0.2) is 30.3 Å². The molecule has 18 heavy (non-hydrogen) atoms. The van der Waals surface area contributed by atoms with E-state index in [1.807, 2.05) is 30.3 Å². The lowest BCUT2D eigenvalue weighted by atomic mass is 9.89. The van der Waals surface area contributed by atoms with Crippen molar-refractivity contribution < 1.29 is 19.1 Å². The van der Waals surface area contributed by atoms with Crippen LogP contribution in [0.5, 0.6) is 0 Å². The number of methoxy groups -OCH3 is 1. The second kappa shape index (κ2) is 6.19. The van der Waals surface area contributed by atoms with Gasteiger partial charge in [-0.1, -0.05) is 30.3 Å². The Kier molecular flexibility index (Phi) is 4.89. The Morgan fingerprint density at radius 3 is 2.33 bits per heavy atom. The van der Waals surface area contributed by atoms with Crippen molar-refractivity contribution in [2.24, 2.45) is 5.41 Å². The molecule has 0 N–H and O–H groups in total. The molecule has 0 radical (unpaired) electrons. The average Bonchev–Trinajstić information content (AvgIpc) is 2.36. The SMILES string of the molecule is COC(=O)CC(C)(C)C(=O)OCc1ccccc1. The molecule has 0 unspecified atom stereocenters.